The molecule has 0 aliphatic heterocycles. The molecule has 1 aliphatic carbocycles. The van der Waals surface area contributed by atoms with Gasteiger partial charge in [-0.3, -0.25) is 4.99 Å². The van der Waals surface area contributed by atoms with Crippen LogP contribution in [0.2, 0.25) is 0 Å². The number of ether oxygens (including phenoxy) is 1. The van der Waals surface area contributed by atoms with E-state index in [0.29, 0.717) is 12.1 Å². The summed E-state index contributed by atoms with van der Waals surface area (Å²) < 4.78 is 45.3. The fourth-order valence-electron chi connectivity index (χ4n) is 1.92. The van der Waals surface area contributed by atoms with E-state index in [1.54, 1.807) is 13.2 Å². The summed E-state index contributed by atoms with van der Waals surface area (Å²) in [6.45, 7) is 1.60. The zero-order chi connectivity index (χ0) is 17.9. The van der Waals surface area contributed by atoms with Gasteiger partial charge in [-0.2, -0.15) is 0 Å². The number of benzene rings is 1. The Hall–Kier alpha value is -1.96. The summed E-state index contributed by atoms with van der Waals surface area (Å²) in [4.78, 5) is 16.5. The molecule has 8 heteroatoms. The SMILES string of the molecule is CCOC(=O)/C(C(=NC1CC1)SC)=C(/O)c1cc(F)c(F)cc1F. The first-order valence-corrected chi connectivity index (χ1v) is 8.48. The average molecular weight is 359 g/mol. The lowest BCUT2D eigenvalue weighted by Gasteiger charge is -2.12. The van der Waals surface area contributed by atoms with E-state index >= 15 is 0 Å². The van der Waals surface area contributed by atoms with Crippen molar-refractivity contribution >= 4 is 28.5 Å². The molecule has 2 rings (SSSR count). The Bertz CT molecular complexity index is 715. The molecule has 1 aromatic carbocycles. The number of aliphatic hydroxyl groups excluding tert-OH is 1. The van der Waals surface area contributed by atoms with Gasteiger partial charge in [0.2, 0.25) is 0 Å². The van der Waals surface area contributed by atoms with Crippen LogP contribution in [0.3, 0.4) is 0 Å². The van der Waals surface area contributed by atoms with Crippen LogP contribution in [0.5, 0.6) is 0 Å². The van der Waals surface area contributed by atoms with E-state index in [1.165, 1.54) is 0 Å². The lowest BCUT2D eigenvalue weighted by Crippen LogP contribution is -2.17. The summed E-state index contributed by atoms with van der Waals surface area (Å²) in [5, 5.41) is 10.5. The highest BCUT2D eigenvalue weighted by Gasteiger charge is 2.29. The number of carbonyl (C=O) groups is 1. The van der Waals surface area contributed by atoms with Gasteiger partial charge in [-0.15, -0.1) is 11.8 Å². The highest BCUT2D eigenvalue weighted by molar-refractivity contribution is 8.14. The number of aliphatic imine (C=N–C) groups is 1. The molecule has 0 aromatic heterocycles. The highest BCUT2D eigenvalue weighted by atomic mass is 32.2. The molecule has 1 N–H and O–H groups in total. The van der Waals surface area contributed by atoms with Crippen molar-refractivity contribution in [3.8, 4) is 0 Å². The van der Waals surface area contributed by atoms with E-state index < -0.39 is 34.7 Å². The molecule has 0 spiro atoms. The van der Waals surface area contributed by atoms with Gasteiger partial charge in [-0.25, -0.2) is 18.0 Å². The van der Waals surface area contributed by atoms with Crippen molar-refractivity contribution in [3.05, 3.63) is 40.7 Å². The van der Waals surface area contributed by atoms with E-state index in [2.05, 4.69) is 4.99 Å². The summed E-state index contributed by atoms with van der Waals surface area (Å²) >= 11 is 1.08. The van der Waals surface area contributed by atoms with Gasteiger partial charge >= 0.3 is 5.97 Å². The first kappa shape index (κ1) is 18.4. The Morgan fingerprint density at radius 1 is 1.29 bits per heavy atom. The quantitative estimate of drug-likeness (QED) is 0.217. The summed E-state index contributed by atoms with van der Waals surface area (Å²) in [6.07, 6.45) is 3.33. The zero-order valence-electron chi connectivity index (χ0n) is 13.1. The second kappa shape index (κ2) is 7.74. The molecular formula is C16H16F3NO3S. The maximum Gasteiger partial charge on any atom is 0.344 e. The normalized spacial score (nSPS) is 16.0. The van der Waals surface area contributed by atoms with Crippen LogP contribution >= 0.6 is 11.8 Å². The van der Waals surface area contributed by atoms with Crippen LogP contribution in [0.4, 0.5) is 13.2 Å². The van der Waals surface area contributed by atoms with Crippen molar-refractivity contribution in [1.82, 2.24) is 0 Å². The topological polar surface area (TPSA) is 58.9 Å². The van der Waals surface area contributed by atoms with E-state index in [1.807, 2.05) is 0 Å². The van der Waals surface area contributed by atoms with Crippen LogP contribution < -0.4 is 0 Å². The number of hydrogen-bond donors (Lipinski definition) is 1. The minimum absolute atomic E-state index is 0.0273. The van der Waals surface area contributed by atoms with Crippen LogP contribution in [0.25, 0.3) is 5.76 Å². The molecule has 0 radical (unpaired) electrons. The zero-order valence-corrected chi connectivity index (χ0v) is 13.9. The van der Waals surface area contributed by atoms with Crippen molar-refractivity contribution in [3.63, 3.8) is 0 Å². The molecule has 0 saturated heterocycles. The Balaban J connectivity index is 2.60. The summed E-state index contributed by atoms with van der Waals surface area (Å²) in [5.41, 5.74) is -0.990. The molecule has 0 unspecified atom stereocenters. The lowest BCUT2D eigenvalue weighted by atomic mass is 10.1. The molecule has 24 heavy (non-hydrogen) atoms. The second-order valence-corrected chi connectivity index (χ2v) is 5.85. The molecule has 1 aliphatic rings. The number of halogens is 3. The number of aliphatic hydroxyl groups is 1. The van der Waals surface area contributed by atoms with Crippen molar-refractivity contribution < 1.29 is 27.8 Å². The molecule has 130 valence electrons. The maximum absolute atomic E-state index is 13.9. The van der Waals surface area contributed by atoms with Gasteiger partial charge in [0, 0.05) is 6.07 Å². The van der Waals surface area contributed by atoms with E-state index in [0.717, 1.165) is 24.6 Å². The number of nitrogens with zero attached hydrogens (tertiary/aromatic N) is 1. The molecular weight excluding hydrogens is 343 g/mol. The predicted octanol–water partition coefficient (Wildman–Crippen LogP) is 3.86. The third kappa shape index (κ3) is 4.11. The van der Waals surface area contributed by atoms with E-state index in [4.69, 9.17) is 4.74 Å². The van der Waals surface area contributed by atoms with E-state index in [9.17, 15) is 23.1 Å². The molecule has 1 saturated carbocycles. The van der Waals surface area contributed by atoms with Crippen molar-refractivity contribution in [1.29, 1.82) is 0 Å². The van der Waals surface area contributed by atoms with Crippen molar-refractivity contribution in [2.45, 2.75) is 25.8 Å². The molecule has 0 atom stereocenters. The van der Waals surface area contributed by atoms with Gasteiger partial charge < -0.3 is 9.84 Å². The first-order valence-electron chi connectivity index (χ1n) is 7.26. The smallest absolute Gasteiger partial charge is 0.344 e. The Morgan fingerprint density at radius 2 is 1.92 bits per heavy atom. The van der Waals surface area contributed by atoms with Gasteiger partial charge in [0.25, 0.3) is 0 Å². The molecule has 0 heterocycles. The third-order valence-corrected chi connectivity index (χ3v) is 3.93. The number of esters is 1. The van der Waals surface area contributed by atoms with Gasteiger partial charge in [-0.1, -0.05) is 0 Å². The van der Waals surface area contributed by atoms with E-state index in [-0.39, 0.29) is 23.3 Å². The molecule has 0 amide bonds. The van der Waals surface area contributed by atoms with Gasteiger partial charge in [0.15, 0.2) is 11.6 Å². The highest BCUT2D eigenvalue weighted by Crippen LogP contribution is 2.30. The summed E-state index contributed by atoms with van der Waals surface area (Å²) in [5.74, 6) is -5.67. The minimum Gasteiger partial charge on any atom is -0.506 e. The monoisotopic (exact) mass is 359 g/mol. The average Bonchev–Trinajstić information content (AvgIpc) is 3.34. The first-order chi connectivity index (χ1) is 11.4. The number of hydrogen-bond acceptors (Lipinski definition) is 5. The van der Waals surface area contributed by atoms with Crippen LogP contribution in [-0.2, 0) is 9.53 Å². The van der Waals surface area contributed by atoms with Gasteiger partial charge in [0.1, 0.15) is 22.2 Å². The lowest BCUT2D eigenvalue weighted by molar-refractivity contribution is -0.137. The Labute approximate surface area is 141 Å². The van der Waals surface area contributed by atoms with Gasteiger partial charge in [0.05, 0.1) is 18.2 Å². The van der Waals surface area contributed by atoms with Crippen molar-refractivity contribution in [2.24, 2.45) is 4.99 Å². The summed E-state index contributed by atoms with van der Waals surface area (Å²) in [6, 6.07) is 0.828. The fourth-order valence-corrected chi connectivity index (χ4v) is 2.55. The van der Waals surface area contributed by atoms with Crippen LogP contribution in [0.1, 0.15) is 25.3 Å². The summed E-state index contributed by atoms with van der Waals surface area (Å²) in [7, 11) is 0. The van der Waals surface area contributed by atoms with Crippen LogP contribution in [0, 0.1) is 17.5 Å². The fraction of sp³-hybridized carbons (Fsp3) is 0.375. The standard InChI is InChI=1S/C16H16F3NO3S/c1-3-23-16(22)13(15(24-2)20-8-4-5-8)14(21)9-6-11(18)12(19)7-10(9)17/h6-8,21H,3-5H2,1-2H3/b14-13+,20-15?. The minimum atomic E-state index is -1.39. The maximum atomic E-state index is 13.9. The van der Waals surface area contributed by atoms with Gasteiger partial charge in [-0.05, 0) is 32.1 Å². The molecule has 1 fully saturated rings. The largest absolute Gasteiger partial charge is 0.506 e. The molecule has 1 aromatic rings. The Kier molecular flexibility index (Phi) is 5.93. The number of carbonyl (C=O) groups excluding carboxylic acids is 1. The second-order valence-electron chi connectivity index (χ2n) is 5.06. The Morgan fingerprint density at radius 3 is 2.46 bits per heavy atom. The third-order valence-electron chi connectivity index (χ3n) is 3.24. The van der Waals surface area contributed by atoms with Crippen LogP contribution in [0.15, 0.2) is 22.7 Å². The molecule has 4 nitrogen and oxygen atoms in total. The number of rotatable bonds is 5. The van der Waals surface area contributed by atoms with Crippen LogP contribution in [-0.4, -0.2) is 35.0 Å². The molecule has 0 bridgehead atoms. The van der Waals surface area contributed by atoms with Crippen molar-refractivity contribution in [2.75, 3.05) is 12.9 Å². The predicted molar refractivity (Wildman–Crippen MR) is 86.5 cm³/mol. The number of thioether (sulfide) groups is 1.